The Bertz CT molecular complexity index is 934. The summed E-state index contributed by atoms with van der Waals surface area (Å²) in [6.45, 7) is 12.7. The molecule has 0 aliphatic rings. The lowest BCUT2D eigenvalue weighted by Crippen LogP contribution is -2.66. The molecule has 0 radical (unpaired) electrons. The van der Waals surface area contributed by atoms with Gasteiger partial charge in [-0.15, -0.1) is 0 Å². The number of rotatable bonds is 9. The average molecular weight is 459 g/mol. The summed E-state index contributed by atoms with van der Waals surface area (Å²) in [7, 11) is -3.85. The molecule has 0 bridgehead atoms. The molecule has 0 heterocycles. The standard InChI is InChI=1S/C29H38OSi2/c1-29(2,3)32(27-20-12-7-13-21-27,28-22-14-8-15-23-28)30-24-16-9-17-25-31(4,5)26-18-10-6-11-19-26/h6-15,17-23H,16,24-25H2,1-5H3/b17-9+. The van der Waals surface area contributed by atoms with Crippen LogP contribution in [0.2, 0.25) is 24.2 Å². The molecule has 0 unspecified atom stereocenters. The van der Waals surface area contributed by atoms with Crippen LogP contribution in [0.3, 0.4) is 0 Å². The Morgan fingerprint density at radius 1 is 0.656 bits per heavy atom. The van der Waals surface area contributed by atoms with Crippen LogP contribution in [0.1, 0.15) is 27.2 Å². The maximum Gasteiger partial charge on any atom is 0.261 e. The molecule has 168 valence electrons. The molecule has 0 amide bonds. The van der Waals surface area contributed by atoms with Gasteiger partial charge in [0.1, 0.15) is 0 Å². The molecule has 0 aliphatic heterocycles. The van der Waals surface area contributed by atoms with Crippen molar-refractivity contribution in [3.63, 3.8) is 0 Å². The maximum absolute atomic E-state index is 6.98. The molecule has 3 aromatic rings. The summed E-state index contributed by atoms with van der Waals surface area (Å²) in [6.07, 6.45) is 5.66. The van der Waals surface area contributed by atoms with Gasteiger partial charge in [0.2, 0.25) is 0 Å². The highest BCUT2D eigenvalue weighted by Crippen LogP contribution is 2.36. The fourth-order valence-electron chi connectivity index (χ4n) is 4.54. The van der Waals surface area contributed by atoms with Gasteiger partial charge in [0.25, 0.3) is 8.32 Å². The van der Waals surface area contributed by atoms with E-state index in [1.165, 1.54) is 15.6 Å². The molecular weight excluding hydrogens is 420 g/mol. The molecular formula is C29H38OSi2. The Morgan fingerprint density at radius 2 is 1.09 bits per heavy atom. The summed E-state index contributed by atoms with van der Waals surface area (Å²) in [5.74, 6) is 0. The third-order valence-electron chi connectivity index (χ3n) is 6.37. The first kappa shape index (κ1) is 24.4. The van der Waals surface area contributed by atoms with Gasteiger partial charge in [-0.25, -0.2) is 0 Å². The topological polar surface area (TPSA) is 9.23 Å². The van der Waals surface area contributed by atoms with Crippen molar-refractivity contribution in [2.24, 2.45) is 0 Å². The van der Waals surface area contributed by atoms with Crippen molar-refractivity contribution < 1.29 is 4.43 Å². The van der Waals surface area contributed by atoms with Gasteiger partial charge in [0.05, 0.1) is 8.07 Å². The van der Waals surface area contributed by atoms with Gasteiger partial charge in [-0.3, -0.25) is 0 Å². The summed E-state index contributed by atoms with van der Waals surface area (Å²) in [6, 6.07) is 33.9. The quantitative estimate of drug-likeness (QED) is 0.213. The highest BCUT2D eigenvalue weighted by atomic mass is 28.4. The first-order valence-corrected chi connectivity index (χ1v) is 16.8. The van der Waals surface area contributed by atoms with Crippen LogP contribution < -0.4 is 15.6 Å². The van der Waals surface area contributed by atoms with Crippen molar-refractivity contribution >= 4 is 32.0 Å². The summed E-state index contributed by atoms with van der Waals surface area (Å²) >= 11 is 0. The summed E-state index contributed by atoms with van der Waals surface area (Å²) < 4.78 is 6.98. The largest absolute Gasteiger partial charge is 0.407 e. The van der Waals surface area contributed by atoms with E-state index in [1.54, 1.807) is 0 Å². The van der Waals surface area contributed by atoms with E-state index in [1.807, 2.05) is 0 Å². The van der Waals surface area contributed by atoms with Gasteiger partial charge in [0, 0.05) is 6.61 Å². The van der Waals surface area contributed by atoms with Crippen molar-refractivity contribution in [1.29, 1.82) is 0 Å². The van der Waals surface area contributed by atoms with Gasteiger partial charge in [-0.2, -0.15) is 0 Å². The fraction of sp³-hybridized carbons (Fsp3) is 0.310. The van der Waals surface area contributed by atoms with Crippen molar-refractivity contribution in [3.05, 3.63) is 103 Å². The zero-order valence-electron chi connectivity index (χ0n) is 20.3. The van der Waals surface area contributed by atoms with Gasteiger partial charge in [-0.1, -0.05) is 142 Å². The maximum atomic E-state index is 6.98. The van der Waals surface area contributed by atoms with Crippen molar-refractivity contribution in [2.45, 2.75) is 51.4 Å². The second-order valence-electron chi connectivity index (χ2n) is 10.2. The van der Waals surface area contributed by atoms with Crippen LogP contribution in [0.5, 0.6) is 0 Å². The predicted molar refractivity (Wildman–Crippen MR) is 146 cm³/mol. The Labute approximate surface area is 197 Å². The Hall–Kier alpha value is -2.21. The number of allylic oxidation sites excluding steroid dienone is 1. The third kappa shape index (κ3) is 5.58. The zero-order chi connectivity index (χ0) is 23.1. The molecule has 0 saturated carbocycles. The van der Waals surface area contributed by atoms with E-state index in [9.17, 15) is 0 Å². The first-order valence-electron chi connectivity index (χ1n) is 11.7. The number of hydrogen-bond donors (Lipinski definition) is 0. The normalized spacial score (nSPS) is 12.9. The van der Waals surface area contributed by atoms with E-state index in [0.29, 0.717) is 0 Å². The Morgan fingerprint density at radius 3 is 1.53 bits per heavy atom. The summed E-state index contributed by atoms with van der Waals surface area (Å²) in [5.41, 5.74) is 0. The molecule has 32 heavy (non-hydrogen) atoms. The molecule has 3 aromatic carbocycles. The van der Waals surface area contributed by atoms with Crippen LogP contribution >= 0.6 is 0 Å². The molecule has 3 heteroatoms. The molecule has 0 N–H and O–H groups in total. The SMILES string of the molecule is CC(C)(C)[Si](OCC/C=C/C[Si](C)(C)c1ccccc1)(c1ccccc1)c1ccccc1. The highest BCUT2D eigenvalue weighted by Gasteiger charge is 2.49. The Kier molecular flexibility index (Phi) is 8.10. The van der Waals surface area contributed by atoms with Crippen LogP contribution in [0.15, 0.2) is 103 Å². The van der Waals surface area contributed by atoms with Crippen molar-refractivity contribution in [3.8, 4) is 0 Å². The van der Waals surface area contributed by atoms with E-state index < -0.39 is 16.4 Å². The minimum atomic E-state index is -2.42. The lowest BCUT2D eigenvalue weighted by atomic mass is 10.2. The van der Waals surface area contributed by atoms with Crippen LogP contribution in [0, 0.1) is 0 Å². The summed E-state index contributed by atoms with van der Waals surface area (Å²) in [4.78, 5) is 0. The smallest absolute Gasteiger partial charge is 0.261 e. The second-order valence-corrected chi connectivity index (χ2v) is 19.3. The lowest BCUT2D eigenvalue weighted by Gasteiger charge is -2.43. The van der Waals surface area contributed by atoms with E-state index in [0.717, 1.165) is 19.1 Å². The molecule has 3 rings (SSSR count). The second kappa shape index (κ2) is 10.6. The van der Waals surface area contributed by atoms with E-state index >= 15 is 0 Å². The lowest BCUT2D eigenvalue weighted by molar-refractivity contribution is 0.304. The molecule has 0 aromatic heterocycles. The highest BCUT2D eigenvalue weighted by molar-refractivity contribution is 6.99. The molecule has 0 fully saturated rings. The van der Waals surface area contributed by atoms with E-state index in [-0.39, 0.29) is 5.04 Å². The van der Waals surface area contributed by atoms with E-state index in [2.05, 4.69) is 137 Å². The molecule has 0 atom stereocenters. The number of hydrogen-bond acceptors (Lipinski definition) is 1. The molecule has 1 nitrogen and oxygen atoms in total. The predicted octanol–water partition coefficient (Wildman–Crippen LogP) is 6.12. The molecule has 0 spiro atoms. The third-order valence-corrected chi connectivity index (χ3v) is 14.6. The van der Waals surface area contributed by atoms with Crippen LogP contribution in [-0.2, 0) is 4.43 Å². The number of benzene rings is 3. The van der Waals surface area contributed by atoms with E-state index in [4.69, 9.17) is 4.43 Å². The molecule has 0 aliphatic carbocycles. The van der Waals surface area contributed by atoms with Crippen LogP contribution in [0.4, 0.5) is 0 Å². The van der Waals surface area contributed by atoms with Crippen LogP contribution in [-0.4, -0.2) is 23.0 Å². The monoisotopic (exact) mass is 458 g/mol. The fourth-order valence-corrected chi connectivity index (χ4v) is 11.2. The van der Waals surface area contributed by atoms with Gasteiger partial charge < -0.3 is 4.43 Å². The van der Waals surface area contributed by atoms with Crippen molar-refractivity contribution in [1.82, 2.24) is 0 Å². The summed E-state index contributed by atoms with van der Waals surface area (Å²) in [5, 5.41) is 4.25. The average Bonchev–Trinajstić information content (AvgIpc) is 2.79. The minimum Gasteiger partial charge on any atom is -0.407 e. The van der Waals surface area contributed by atoms with Gasteiger partial charge in [0.15, 0.2) is 0 Å². The first-order chi connectivity index (χ1) is 15.3. The van der Waals surface area contributed by atoms with Crippen LogP contribution in [0.25, 0.3) is 0 Å². The zero-order valence-corrected chi connectivity index (χ0v) is 22.3. The molecule has 0 saturated heterocycles. The Balaban J connectivity index is 1.75. The van der Waals surface area contributed by atoms with Crippen molar-refractivity contribution in [2.75, 3.05) is 6.61 Å². The van der Waals surface area contributed by atoms with Gasteiger partial charge in [-0.05, 0) is 27.9 Å². The van der Waals surface area contributed by atoms with Gasteiger partial charge >= 0.3 is 0 Å². The minimum absolute atomic E-state index is 0.0294.